The summed E-state index contributed by atoms with van der Waals surface area (Å²) in [5.74, 6) is -1.27. The molecule has 0 radical (unpaired) electrons. The zero-order valence-corrected chi connectivity index (χ0v) is 12.3. The van der Waals surface area contributed by atoms with Crippen LogP contribution >= 0.6 is 0 Å². The van der Waals surface area contributed by atoms with Crippen LogP contribution in [-0.2, 0) is 21.8 Å². The van der Waals surface area contributed by atoms with E-state index in [1.807, 2.05) is 0 Å². The Morgan fingerprint density at radius 2 is 1.70 bits per heavy atom. The number of pyridine rings is 1. The highest BCUT2D eigenvalue weighted by molar-refractivity contribution is 8.00. The van der Waals surface area contributed by atoms with E-state index >= 15 is 0 Å². The Morgan fingerprint density at radius 3 is 2.39 bits per heavy atom. The summed E-state index contributed by atoms with van der Waals surface area (Å²) in [5.41, 5.74) is -1.45. The van der Waals surface area contributed by atoms with Crippen molar-refractivity contribution in [3.8, 4) is 0 Å². The number of halogens is 3. The highest BCUT2D eigenvalue weighted by atomic mass is 32.2. The molecule has 0 saturated carbocycles. The van der Waals surface area contributed by atoms with Crippen LogP contribution in [-0.4, -0.2) is 18.5 Å². The third-order valence-corrected chi connectivity index (χ3v) is 5.16. The molecule has 0 spiro atoms. The molecule has 0 unspecified atom stereocenters. The predicted molar refractivity (Wildman–Crippen MR) is 77.7 cm³/mol. The lowest BCUT2D eigenvalue weighted by molar-refractivity contribution is -0.137. The van der Waals surface area contributed by atoms with E-state index in [1.165, 1.54) is 24.4 Å². The van der Waals surface area contributed by atoms with Gasteiger partial charge in [0.2, 0.25) is 0 Å². The van der Waals surface area contributed by atoms with Crippen molar-refractivity contribution in [2.45, 2.75) is 11.9 Å². The molecule has 0 aliphatic carbocycles. The molecule has 1 aromatic heterocycles. The fourth-order valence-corrected chi connectivity index (χ4v) is 4.17. The quantitative estimate of drug-likeness (QED) is 0.863. The summed E-state index contributed by atoms with van der Waals surface area (Å²) in [5, 5.41) is 10.3. The Labute approximate surface area is 129 Å². The molecule has 0 bridgehead atoms. The van der Waals surface area contributed by atoms with Crippen molar-refractivity contribution in [3.63, 3.8) is 0 Å². The zero-order valence-electron chi connectivity index (χ0n) is 11.5. The van der Waals surface area contributed by atoms with Crippen molar-refractivity contribution in [2.75, 3.05) is 0 Å². The van der Waals surface area contributed by atoms with Crippen LogP contribution in [0.5, 0.6) is 0 Å². The van der Waals surface area contributed by atoms with Gasteiger partial charge in [0, 0.05) is 17.3 Å². The average Bonchev–Trinajstić information content (AvgIpc) is 2.46. The van der Waals surface area contributed by atoms with Crippen molar-refractivity contribution >= 4 is 20.5 Å². The van der Waals surface area contributed by atoms with Gasteiger partial charge in [0.1, 0.15) is 10.7 Å². The minimum absolute atomic E-state index is 0.109. The number of rotatable bonds is 1. The topological polar surface area (TPSA) is 67.3 Å². The number of benzene rings is 1. The Morgan fingerprint density at radius 1 is 1.04 bits per heavy atom. The molecule has 2 heterocycles. The minimum atomic E-state index is -4.74. The molecule has 1 N–H and O–H groups in total. The van der Waals surface area contributed by atoms with Gasteiger partial charge < -0.3 is 5.11 Å². The number of fused-ring (bicyclic) bond motifs is 1. The molecule has 2 aromatic rings. The molecule has 0 amide bonds. The third-order valence-electron chi connectivity index (χ3n) is 3.48. The molecule has 0 atom stereocenters. The van der Waals surface area contributed by atoms with Gasteiger partial charge >= 0.3 is 6.18 Å². The third kappa shape index (κ3) is 2.59. The van der Waals surface area contributed by atoms with Gasteiger partial charge in [0.05, 0.1) is 17.0 Å². The first-order chi connectivity index (χ1) is 10.7. The SMILES string of the molecule is O=S1(=O)Cc2ncccc2C(O)=C1c1ccccc1C(F)(F)F. The lowest BCUT2D eigenvalue weighted by atomic mass is 10.0. The smallest absolute Gasteiger partial charge is 0.417 e. The lowest BCUT2D eigenvalue weighted by Crippen LogP contribution is -2.19. The normalized spacial score (nSPS) is 17.0. The molecule has 0 fully saturated rings. The van der Waals surface area contributed by atoms with Gasteiger partial charge in [0.25, 0.3) is 0 Å². The van der Waals surface area contributed by atoms with Crippen molar-refractivity contribution in [1.82, 2.24) is 4.98 Å². The molecule has 1 aliphatic rings. The maximum Gasteiger partial charge on any atom is 0.417 e. The molecular formula is C15H10F3NO3S. The van der Waals surface area contributed by atoms with Gasteiger partial charge in [0.15, 0.2) is 9.84 Å². The van der Waals surface area contributed by atoms with Crippen LogP contribution in [0.4, 0.5) is 13.2 Å². The summed E-state index contributed by atoms with van der Waals surface area (Å²) in [6.45, 7) is 0. The van der Waals surface area contributed by atoms with Gasteiger partial charge in [-0.25, -0.2) is 8.42 Å². The maximum atomic E-state index is 13.2. The summed E-state index contributed by atoms with van der Waals surface area (Å²) >= 11 is 0. The highest BCUT2D eigenvalue weighted by Gasteiger charge is 2.39. The molecule has 23 heavy (non-hydrogen) atoms. The van der Waals surface area contributed by atoms with Crippen molar-refractivity contribution < 1.29 is 26.7 Å². The maximum absolute atomic E-state index is 13.2. The number of nitrogens with zero attached hydrogens (tertiary/aromatic N) is 1. The zero-order chi connectivity index (χ0) is 16.8. The average molecular weight is 341 g/mol. The standard InChI is InChI=1S/C15H10F3NO3S/c16-15(17,18)11-6-2-1-4-9(11)14-13(20)10-5-3-7-19-12(10)8-23(14,21)22/h1-7,20H,8H2. The molecule has 4 nitrogen and oxygen atoms in total. The Bertz CT molecular complexity index is 918. The van der Waals surface area contributed by atoms with Gasteiger partial charge in [-0.1, -0.05) is 18.2 Å². The molecule has 120 valence electrons. The molecule has 1 aliphatic heterocycles. The molecular weight excluding hydrogens is 331 g/mol. The Kier molecular flexibility index (Phi) is 3.44. The first-order valence-electron chi connectivity index (χ1n) is 6.48. The van der Waals surface area contributed by atoms with Gasteiger partial charge in [-0.3, -0.25) is 4.98 Å². The van der Waals surface area contributed by atoms with Crippen LogP contribution in [0.1, 0.15) is 22.4 Å². The number of alkyl halides is 3. The van der Waals surface area contributed by atoms with Crippen molar-refractivity contribution in [3.05, 3.63) is 65.0 Å². The van der Waals surface area contributed by atoms with E-state index in [1.54, 1.807) is 0 Å². The molecule has 1 aromatic carbocycles. The molecule has 8 heteroatoms. The van der Waals surface area contributed by atoms with Crippen molar-refractivity contribution in [1.29, 1.82) is 0 Å². The summed E-state index contributed by atoms with van der Waals surface area (Å²) in [6, 6.07) is 7.16. The lowest BCUT2D eigenvalue weighted by Gasteiger charge is -2.21. The van der Waals surface area contributed by atoms with Gasteiger partial charge in [-0.15, -0.1) is 0 Å². The number of hydrogen-bond donors (Lipinski definition) is 1. The fraction of sp³-hybridized carbons (Fsp3) is 0.133. The van der Waals surface area contributed by atoms with Gasteiger partial charge in [-0.2, -0.15) is 13.2 Å². The second kappa shape index (κ2) is 5.09. The van der Waals surface area contributed by atoms with Crippen LogP contribution in [0.2, 0.25) is 0 Å². The van der Waals surface area contributed by atoms with E-state index in [2.05, 4.69) is 4.98 Å². The summed E-state index contributed by atoms with van der Waals surface area (Å²) in [4.78, 5) is 3.15. The summed E-state index contributed by atoms with van der Waals surface area (Å²) < 4.78 is 64.3. The second-order valence-corrected chi connectivity index (χ2v) is 6.90. The van der Waals surface area contributed by atoms with Crippen LogP contribution < -0.4 is 0 Å². The first kappa shape index (κ1) is 15.5. The van der Waals surface area contributed by atoms with E-state index in [-0.39, 0.29) is 11.3 Å². The first-order valence-corrected chi connectivity index (χ1v) is 8.14. The number of hydrogen-bond acceptors (Lipinski definition) is 4. The summed E-state index contributed by atoms with van der Waals surface area (Å²) in [6.07, 6.45) is -3.38. The van der Waals surface area contributed by atoms with E-state index in [0.29, 0.717) is 0 Å². The number of aromatic nitrogens is 1. The second-order valence-electron chi connectivity index (χ2n) is 4.98. The fourth-order valence-electron chi connectivity index (χ4n) is 2.51. The largest absolute Gasteiger partial charge is 0.506 e. The van der Waals surface area contributed by atoms with Crippen LogP contribution in [0.15, 0.2) is 42.6 Å². The van der Waals surface area contributed by atoms with Crippen LogP contribution in [0.3, 0.4) is 0 Å². The van der Waals surface area contributed by atoms with Gasteiger partial charge in [-0.05, 0) is 18.2 Å². The number of aliphatic hydroxyl groups is 1. The van der Waals surface area contributed by atoms with Crippen molar-refractivity contribution in [2.24, 2.45) is 0 Å². The van der Waals surface area contributed by atoms with E-state index in [4.69, 9.17) is 0 Å². The monoisotopic (exact) mass is 341 g/mol. The Hall–Kier alpha value is -2.35. The predicted octanol–water partition coefficient (Wildman–Crippen LogP) is 3.41. The molecule has 0 saturated heterocycles. The number of sulfone groups is 1. The van der Waals surface area contributed by atoms with E-state index in [0.717, 1.165) is 18.2 Å². The molecule has 3 rings (SSSR count). The van der Waals surface area contributed by atoms with E-state index < -0.39 is 43.6 Å². The Balaban J connectivity index is 2.36. The van der Waals surface area contributed by atoms with Crippen LogP contribution in [0, 0.1) is 0 Å². The minimum Gasteiger partial charge on any atom is -0.506 e. The summed E-state index contributed by atoms with van der Waals surface area (Å²) in [7, 11) is -4.15. The number of aliphatic hydroxyl groups excluding tert-OH is 1. The highest BCUT2D eigenvalue weighted by Crippen LogP contribution is 2.42. The van der Waals surface area contributed by atoms with E-state index in [9.17, 15) is 26.7 Å². The van der Waals surface area contributed by atoms with Crippen LogP contribution in [0.25, 0.3) is 10.7 Å².